The van der Waals surface area contributed by atoms with Crippen LogP contribution in [0.2, 0.25) is 0 Å². The Morgan fingerprint density at radius 1 is 1.08 bits per heavy atom. The number of hydrogen-bond donors (Lipinski definition) is 0. The van der Waals surface area contributed by atoms with Gasteiger partial charge in [0.2, 0.25) is 0 Å². The van der Waals surface area contributed by atoms with Crippen molar-refractivity contribution in [2.75, 3.05) is 0 Å². The lowest BCUT2D eigenvalue weighted by Gasteiger charge is -1.86. The maximum Gasteiger partial charge on any atom is 0.116 e. The first-order valence-electron chi connectivity index (χ1n) is 3.88. The van der Waals surface area contributed by atoms with Gasteiger partial charge in [0, 0.05) is 12.4 Å². The van der Waals surface area contributed by atoms with Gasteiger partial charge in [0.15, 0.2) is 0 Å². The summed E-state index contributed by atoms with van der Waals surface area (Å²) in [6.45, 7) is 0. The topological polar surface area (TPSA) is 38.7 Å². The predicted octanol–water partition coefficient (Wildman–Crippen LogP) is 2.24. The summed E-state index contributed by atoms with van der Waals surface area (Å²) in [7, 11) is 0. The Balaban J connectivity index is 2.64. The van der Waals surface area contributed by atoms with Crippen LogP contribution in [0.3, 0.4) is 0 Å². The van der Waals surface area contributed by atoms with Crippen LogP contribution in [0.25, 0.3) is 20.4 Å². The number of hydrogen-bond acceptors (Lipinski definition) is 4. The number of nitrogens with zero attached hydrogens (tertiary/aromatic N) is 3. The molecule has 0 aliphatic heterocycles. The highest BCUT2D eigenvalue weighted by atomic mass is 32.1. The first-order valence-corrected chi connectivity index (χ1v) is 4.70. The molecule has 3 aromatic heterocycles. The van der Waals surface area contributed by atoms with Crippen LogP contribution >= 0.6 is 11.3 Å². The molecule has 0 aromatic carbocycles. The smallest absolute Gasteiger partial charge is 0.116 e. The molecule has 3 rings (SSSR count). The minimum absolute atomic E-state index is 0.954. The molecule has 3 aromatic rings. The summed E-state index contributed by atoms with van der Waals surface area (Å²) in [5, 5.41) is 0. The second kappa shape index (κ2) is 2.47. The zero-order valence-electron chi connectivity index (χ0n) is 6.64. The van der Waals surface area contributed by atoms with Gasteiger partial charge in [-0.15, -0.1) is 11.3 Å². The van der Waals surface area contributed by atoms with Crippen LogP contribution in [0.5, 0.6) is 0 Å². The quantitative estimate of drug-likeness (QED) is 0.541. The highest BCUT2D eigenvalue weighted by molar-refractivity contribution is 7.25. The van der Waals surface area contributed by atoms with Crippen molar-refractivity contribution in [3.63, 3.8) is 0 Å². The van der Waals surface area contributed by atoms with Gasteiger partial charge in [0.1, 0.15) is 17.4 Å². The Morgan fingerprint density at radius 3 is 3.00 bits per heavy atom. The van der Waals surface area contributed by atoms with Gasteiger partial charge in [0.05, 0.1) is 9.40 Å². The molecule has 0 amide bonds. The van der Waals surface area contributed by atoms with Crippen molar-refractivity contribution in [1.29, 1.82) is 0 Å². The molecule has 3 heterocycles. The second-order valence-electron chi connectivity index (χ2n) is 2.69. The maximum atomic E-state index is 4.29. The summed E-state index contributed by atoms with van der Waals surface area (Å²) in [5.74, 6) is 0. The van der Waals surface area contributed by atoms with Crippen molar-refractivity contribution in [3.05, 3.63) is 30.9 Å². The lowest BCUT2D eigenvalue weighted by molar-refractivity contribution is 1.23. The summed E-state index contributed by atoms with van der Waals surface area (Å²) < 4.78 is 2.26. The van der Waals surface area contributed by atoms with Crippen LogP contribution in [-0.2, 0) is 0 Å². The lowest BCUT2D eigenvalue weighted by Crippen LogP contribution is -1.77. The Bertz CT molecular complexity index is 523. The summed E-state index contributed by atoms with van der Waals surface area (Å²) in [5.41, 5.74) is 1.93. The highest BCUT2D eigenvalue weighted by Crippen LogP contribution is 2.29. The number of rotatable bonds is 0. The molecule has 0 saturated heterocycles. The van der Waals surface area contributed by atoms with E-state index in [2.05, 4.69) is 21.0 Å². The number of fused-ring (bicyclic) bond motifs is 3. The largest absolute Gasteiger partial charge is 0.253 e. The monoisotopic (exact) mass is 187 g/mol. The van der Waals surface area contributed by atoms with E-state index in [4.69, 9.17) is 0 Å². The molecule has 0 N–H and O–H groups in total. The molecule has 62 valence electrons. The molecule has 0 aliphatic rings. The molecule has 0 fully saturated rings. The average Bonchev–Trinajstić information content (AvgIpc) is 2.56. The van der Waals surface area contributed by atoms with E-state index in [0.717, 1.165) is 20.4 Å². The third-order valence-electron chi connectivity index (χ3n) is 1.89. The van der Waals surface area contributed by atoms with E-state index in [1.807, 2.05) is 12.3 Å². The summed E-state index contributed by atoms with van der Waals surface area (Å²) in [6, 6.07) is 3.99. The first-order chi connectivity index (χ1) is 6.45. The second-order valence-corrected chi connectivity index (χ2v) is 3.77. The molecule has 3 nitrogen and oxygen atoms in total. The summed E-state index contributed by atoms with van der Waals surface area (Å²) >= 11 is 1.67. The molecule has 0 aliphatic carbocycles. The standard InChI is InChI=1S/C9H5N3S/c1-2-6-8(11-3-1)9-7(13-6)4-10-5-12-9/h1-5H. The summed E-state index contributed by atoms with van der Waals surface area (Å²) in [6.07, 6.45) is 5.18. The van der Waals surface area contributed by atoms with Gasteiger partial charge in [-0.1, -0.05) is 0 Å². The van der Waals surface area contributed by atoms with E-state index in [0.29, 0.717) is 0 Å². The van der Waals surface area contributed by atoms with Crippen molar-refractivity contribution in [2.45, 2.75) is 0 Å². The molecular formula is C9H5N3S. The molecular weight excluding hydrogens is 182 g/mol. The van der Waals surface area contributed by atoms with E-state index < -0.39 is 0 Å². The van der Waals surface area contributed by atoms with Crippen LogP contribution in [0.4, 0.5) is 0 Å². The zero-order valence-corrected chi connectivity index (χ0v) is 7.45. The molecule has 0 spiro atoms. The van der Waals surface area contributed by atoms with Crippen molar-refractivity contribution < 1.29 is 0 Å². The van der Waals surface area contributed by atoms with E-state index in [9.17, 15) is 0 Å². The van der Waals surface area contributed by atoms with Crippen LogP contribution < -0.4 is 0 Å². The number of pyridine rings is 1. The molecule has 0 unspecified atom stereocenters. The first kappa shape index (κ1) is 6.91. The van der Waals surface area contributed by atoms with Crippen molar-refractivity contribution in [2.24, 2.45) is 0 Å². The third kappa shape index (κ3) is 0.922. The maximum absolute atomic E-state index is 4.29. The fraction of sp³-hybridized carbons (Fsp3) is 0. The number of thiophene rings is 1. The van der Waals surface area contributed by atoms with E-state index >= 15 is 0 Å². The minimum atomic E-state index is 0.954. The van der Waals surface area contributed by atoms with Crippen molar-refractivity contribution in [3.8, 4) is 0 Å². The van der Waals surface area contributed by atoms with Gasteiger partial charge in [0.25, 0.3) is 0 Å². The Labute approximate surface area is 78.1 Å². The van der Waals surface area contributed by atoms with Gasteiger partial charge in [-0.3, -0.25) is 4.98 Å². The van der Waals surface area contributed by atoms with Crippen LogP contribution in [-0.4, -0.2) is 15.0 Å². The van der Waals surface area contributed by atoms with Crippen molar-refractivity contribution >= 4 is 31.8 Å². The molecule has 0 bridgehead atoms. The average molecular weight is 187 g/mol. The fourth-order valence-electron chi connectivity index (χ4n) is 1.34. The normalized spacial score (nSPS) is 11.1. The highest BCUT2D eigenvalue weighted by Gasteiger charge is 2.04. The molecule has 13 heavy (non-hydrogen) atoms. The van der Waals surface area contributed by atoms with Crippen LogP contribution in [0.15, 0.2) is 30.9 Å². The Hall–Kier alpha value is -1.55. The van der Waals surface area contributed by atoms with Crippen LogP contribution in [0, 0.1) is 0 Å². The Kier molecular flexibility index (Phi) is 1.31. The lowest BCUT2D eigenvalue weighted by atomic mass is 10.3. The van der Waals surface area contributed by atoms with Gasteiger partial charge in [-0.25, -0.2) is 9.97 Å². The van der Waals surface area contributed by atoms with E-state index in [1.54, 1.807) is 23.9 Å². The third-order valence-corrected chi connectivity index (χ3v) is 2.96. The molecule has 0 saturated carbocycles. The molecule has 0 atom stereocenters. The van der Waals surface area contributed by atoms with Gasteiger partial charge < -0.3 is 0 Å². The molecule has 0 radical (unpaired) electrons. The minimum Gasteiger partial charge on any atom is -0.253 e. The summed E-state index contributed by atoms with van der Waals surface area (Å²) in [4.78, 5) is 12.5. The number of aromatic nitrogens is 3. The van der Waals surface area contributed by atoms with Gasteiger partial charge in [-0.2, -0.15) is 0 Å². The van der Waals surface area contributed by atoms with E-state index in [1.165, 1.54) is 0 Å². The van der Waals surface area contributed by atoms with Gasteiger partial charge >= 0.3 is 0 Å². The molecule has 4 heteroatoms. The van der Waals surface area contributed by atoms with Gasteiger partial charge in [-0.05, 0) is 12.1 Å². The fourth-order valence-corrected chi connectivity index (χ4v) is 2.33. The predicted molar refractivity (Wildman–Crippen MR) is 52.7 cm³/mol. The van der Waals surface area contributed by atoms with Crippen LogP contribution in [0.1, 0.15) is 0 Å². The van der Waals surface area contributed by atoms with E-state index in [-0.39, 0.29) is 0 Å². The van der Waals surface area contributed by atoms with Crippen molar-refractivity contribution in [1.82, 2.24) is 15.0 Å². The Morgan fingerprint density at radius 2 is 2.00 bits per heavy atom. The SMILES string of the molecule is c1cnc2c(c1)sc1cncnc12. The zero-order chi connectivity index (χ0) is 8.67.